The Labute approximate surface area is 75.4 Å². The van der Waals surface area contributed by atoms with Crippen LogP contribution in [0.25, 0.3) is 0 Å². The first-order valence-corrected chi connectivity index (χ1v) is 3.76. The van der Waals surface area contributed by atoms with E-state index in [-0.39, 0.29) is 16.2 Å². The molecule has 0 saturated carbocycles. The quantitative estimate of drug-likeness (QED) is 0.543. The van der Waals surface area contributed by atoms with E-state index in [4.69, 9.17) is 21.6 Å². The van der Waals surface area contributed by atoms with Crippen molar-refractivity contribution in [3.8, 4) is 5.75 Å². The van der Waals surface area contributed by atoms with Gasteiger partial charge in [0.25, 0.3) is 0 Å². The van der Waals surface area contributed by atoms with Crippen molar-refractivity contribution < 1.29 is 15.2 Å². The van der Waals surface area contributed by atoms with Gasteiger partial charge in [-0.1, -0.05) is 11.6 Å². The molecule has 1 aromatic rings. The highest BCUT2D eigenvalue weighted by molar-refractivity contribution is 6.63. The van der Waals surface area contributed by atoms with E-state index in [1.54, 1.807) is 6.92 Å². The number of phenols is 1. The molecule has 0 aliphatic rings. The summed E-state index contributed by atoms with van der Waals surface area (Å²) in [4.78, 5) is 0. The van der Waals surface area contributed by atoms with Crippen LogP contribution in [0.2, 0.25) is 5.02 Å². The molecule has 3 N–H and O–H groups in total. The van der Waals surface area contributed by atoms with Gasteiger partial charge in [-0.3, -0.25) is 0 Å². The summed E-state index contributed by atoms with van der Waals surface area (Å²) in [6, 6.07) is 2.82. The Morgan fingerprint density at radius 1 is 1.33 bits per heavy atom. The molecular weight excluding hydrogens is 178 g/mol. The Morgan fingerprint density at radius 2 is 1.92 bits per heavy atom. The number of hydrogen-bond donors (Lipinski definition) is 3. The maximum atomic E-state index is 9.19. The van der Waals surface area contributed by atoms with Gasteiger partial charge in [-0.15, -0.1) is 0 Å². The average Bonchev–Trinajstić information content (AvgIpc) is 1.97. The Morgan fingerprint density at radius 3 is 2.33 bits per heavy atom. The molecule has 0 saturated heterocycles. The summed E-state index contributed by atoms with van der Waals surface area (Å²) < 4.78 is 0. The summed E-state index contributed by atoms with van der Waals surface area (Å²) in [5.41, 5.74) is 0.536. The maximum absolute atomic E-state index is 9.19. The summed E-state index contributed by atoms with van der Waals surface area (Å²) in [6.07, 6.45) is 0. The van der Waals surface area contributed by atoms with Gasteiger partial charge in [-0.2, -0.15) is 0 Å². The van der Waals surface area contributed by atoms with E-state index in [1.165, 1.54) is 12.1 Å². The molecular formula is C7H8BClO3. The second-order valence-corrected chi connectivity index (χ2v) is 2.89. The van der Waals surface area contributed by atoms with Crippen LogP contribution >= 0.6 is 11.6 Å². The van der Waals surface area contributed by atoms with E-state index in [0.717, 1.165) is 0 Å². The van der Waals surface area contributed by atoms with Crippen molar-refractivity contribution in [3.63, 3.8) is 0 Å². The molecule has 0 atom stereocenters. The van der Waals surface area contributed by atoms with Gasteiger partial charge in [0.2, 0.25) is 0 Å². The Bertz CT molecular complexity index is 301. The Hall–Kier alpha value is -0.705. The lowest BCUT2D eigenvalue weighted by Crippen LogP contribution is -2.33. The molecule has 12 heavy (non-hydrogen) atoms. The topological polar surface area (TPSA) is 60.7 Å². The van der Waals surface area contributed by atoms with Crippen LogP contribution in [-0.4, -0.2) is 22.3 Å². The van der Waals surface area contributed by atoms with Gasteiger partial charge < -0.3 is 15.2 Å². The lowest BCUT2D eigenvalue weighted by Gasteiger charge is -2.07. The van der Waals surface area contributed by atoms with E-state index in [1.807, 2.05) is 0 Å². The van der Waals surface area contributed by atoms with Gasteiger partial charge in [0.1, 0.15) is 5.75 Å². The molecule has 0 aliphatic heterocycles. The minimum absolute atomic E-state index is 0.00231. The fourth-order valence-electron chi connectivity index (χ4n) is 1.00. The molecule has 0 spiro atoms. The van der Waals surface area contributed by atoms with Crippen LogP contribution < -0.4 is 5.46 Å². The van der Waals surface area contributed by atoms with Gasteiger partial charge in [-0.25, -0.2) is 0 Å². The van der Waals surface area contributed by atoms with Gasteiger partial charge >= 0.3 is 7.12 Å². The van der Waals surface area contributed by atoms with Crippen LogP contribution in [0.1, 0.15) is 5.56 Å². The first-order chi connectivity index (χ1) is 5.54. The zero-order valence-electron chi connectivity index (χ0n) is 6.45. The summed E-state index contributed by atoms with van der Waals surface area (Å²) in [5.74, 6) is 0.00231. The largest absolute Gasteiger partial charge is 0.508 e. The third kappa shape index (κ3) is 1.55. The van der Waals surface area contributed by atoms with Crippen molar-refractivity contribution in [2.75, 3.05) is 0 Å². The number of aromatic hydroxyl groups is 1. The number of phenolic OH excluding ortho intramolecular Hbond substituents is 1. The first-order valence-electron chi connectivity index (χ1n) is 3.38. The SMILES string of the molecule is Cc1c(O)ccc(Cl)c1B(O)O. The Kier molecular flexibility index (Phi) is 2.62. The van der Waals surface area contributed by atoms with Crippen molar-refractivity contribution in [1.82, 2.24) is 0 Å². The molecule has 3 nitrogen and oxygen atoms in total. The molecule has 0 aromatic heterocycles. The van der Waals surface area contributed by atoms with E-state index in [2.05, 4.69) is 0 Å². The molecule has 1 aromatic carbocycles. The van der Waals surface area contributed by atoms with Crippen molar-refractivity contribution in [3.05, 3.63) is 22.7 Å². The summed E-state index contributed by atoms with van der Waals surface area (Å²) in [7, 11) is -1.65. The maximum Gasteiger partial charge on any atom is 0.490 e. The zero-order valence-corrected chi connectivity index (χ0v) is 7.21. The predicted octanol–water partition coefficient (Wildman–Crippen LogP) is 0.0338. The first kappa shape index (κ1) is 9.38. The predicted molar refractivity (Wildman–Crippen MR) is 47.7 cm³/mol. The highest BCUT2D eigenvalue weighted by Crippen LogP contribution is 2.18. The van der Waals surface area contributed by atoms with Crippen LogP contribution in [0.5, 0.6) is 5.75 Å². The second kappa shape index (κ2) is 3.35. The van der Waals surface area contributed by atoms with Gasteiger partial charge in [-0.05, 0) is 24.6 Å². The van der Waals surface area contributed by atoms with Crippen LogP contribution in [-0.2, 0) is 0 Å². The number of benzene rings is 1. The second-order valence-electron chi connectivity index (χ2n) is 2.48. The smallest absolute Gasteiger partial charge is 0.490 e. The fourth-order valence-corrected chi connectivity index (χ4v) is 1.30. The monoisotopic (exact) mass is 186 g/mol. The van der Waals surface area contributed by atoms with E-state index in [9.17, 15) is 5.11 Å². The van der Waals surface area contributed by atoms with Crippen LogP contribution in [0.3, 0.4) is 0 Å². The number of rotatable bonds is 1. The highest BCUT2D eigenvalue weighted by Gasteiger charge is 2.19. The normalized spacial score (nSPS) is 10.0. The molecule has 0 radical (unpaired) electrons. The van der Waals surface area contributed by atoms with Crippen molar-refractivity contribution in [2.45, 2.75) is 6.92 Å². The molecule has 0 unspecified atom stereocenters. The molecule has 1 rings (SSSR count). The van der Waals surface area contributed by atoms with Crippen molar-refractivity contribution in [1.29, 1.82) is 0 Å². The molecule has 0 bridgehead atoms. The zero-order chi connectivity index (χ0) is 9.30. The van der Waals surface area contributed by atoms with Gasteiger partial charge in [0, 0.05) is 10.5 Å². The summed E-state index contributed by atoms with van der Waals surface area (Å²) >= 11 is 5.67. The summed E-state index contributed by atoms with van der Waals surface area (Å²) in [6.45, 7) is 1.57. The van der Waals surface area contributed by atoms with E-state index < -0.39 is 7.12 Å². The molecule has 64 valence electrons. The third-order valence-electron chi connectivity index (χ3n) is 1.69. The minimum Gasteiger partial charge on any atom is -0.508 e. The minimum atomic E-state index is -1.65. The lowest BCUT2D eigenvalue weighted by molar-refractivity contribution is 0.424. The standard InChI is InChI=1S/C7H8BClO3/c1-4-6(10)3-2-5(9)7(4)8(11)12/h2-3,10-12H,1H3. The van der Waals surface area contributed by atoms with Crippen LogP contribution in [0.15, 0.2) is 12.1 Å². The van der Waals surface area contributed by atoms with E-state index >= 15 is 0 Å². The van der Waals surface area contributed by atoms with Crippen molar-refractivity contribution in [2.24, 2.45) is 0 Å². The average molecular weight is 186 g/mol. The third-order valence-corrected chi connectivity index (χ3v) is 2.02. The molecule has 0 heterocycles. The molecule has 5 heteroatoms. The molecule has 0 amide bonds. The van der Waals surface area contributed by atoms with Gasteiger partial charge in [0.05, 0.1) is 0 Å². The molecule has 0 aliphatic carbocycles. The van der Waals surface area contributed by atoms with Gasteiger partial charge in [0.15, 0.2) is 0 Å². The lowest BCUT2D eigenvalue weighted by atomic mass is 9.77. The Balaban J connectivity index is 3.33. The van der Waals surface area contributed by atoms with Crippen LogP contribution in [0, 0.1) is 6.92 Å². The van der Waals surface area contributed by atoms with Crippen molar-refractivity contribution >= 4 is 24.2 Å². The summed E-state index contributed by atoms with van der Waals surface area (Å²) in [5, 5.41) is 27.2. The van der Waals surface area contributed by atoms with E-state index in [0.29, 0.717) is 5.56 Å². The number of hydrogen-bond acceptors (Lipinski definition) is 3. The fraction of sp³-hybridized carbons (Fsp3) is 0.143. The van der Waals surface area contributed by atoms with Crippen LogP contribution in [0.4, 0.5) is 0 Å². The highest BCUT2D eigenvalue weighted by atomic mass is 35.5. The molecule has 0 fully saturated rings. The number of halogens is 1.